The van der Waals surface area contributed by atoms with Gasteiger partial charge in [-0.25, -0.2) is 8.42 Å². The second-order valence-electron chi connectivity index (χ2n) is 7.04. The van der Waals surface area contributed by atoms with Crippen molar-refractivity contribution in [3.05, 3.63) is 41.8 Å². The second kappa shape index (κ2) is 7.86. The molecular formula is C19H22N4O4S2. The molecule has 10 heteroatoms. The van der Waals surface area contributed by atoms with Crippen LogP contribution in [-0.2, 0) is 19.6 Å². The SMILES string of the molecule is CC(C(=O)N1CC(=O)Nc2ccccc21)N1CCN(S(=O)(=O)c2cccs2)CC1. The maximum Gasteiger partial charge on any atom is 0.252 e. The lowest BCUT2D eigenvalue weighted by atomic mass is 10.1. The number of nitrogens with one attached hydrogen (secondary N) is 1. The molecule has 2 aliphatic heterocycles. The van der Waals surface area contributed by atoms with Crippen LogP contribution in [0.1, 0.15) is 6.92 Å². The maximum absolute atomic E-state index is 13.1. The third-order valence-electron chi connectivity index (χ3n) is 5.30. The van der Waals surface area contributed by atoms with Crippen molar-refractivity contribution >= 4 is 44.5 Å². The number of thiophene rings is 1. The molecule has 2 aromatic rings. The lowest BCUT2D eigenvalue weighted by molar-refractivity contribution is -0.125. The third-order valence-corrected chi connectivity index (χ3v) is 8.58. The molecule has 2 amide bonds. The lowest BCUT2D eigenvalue weighted by Gasteiger charge is -2.39. The standard InChI is InChI=1S/C19H22N4O4S2/c1-14(19(25)23-13-17(24)20-15-5-2-3-6-16(15)23)21-8-10-22(11-9-21)29(26,27)18-7-4-12-28-18/h2-7,12,14H,8-11,13H2,1H3,(H,20,24). The molecule has 8 nitrogen and oxygen atoms in total. The predicted octanol–water partition coefficient (Wildman–Crippen LogP) is 1.43. The summed E-state index contributed by atoms with van der Waals surface area (Å²) < 4.78 is 27.2. The number of hydrogen-bond donors (Lipinski definition) is 1. The Bertz CT molecular complexity index is 1010. The topological polar surface area (TPSA) is 90.0 Å². The van der Waals surface area contributed by atoms with E-state index in [1.54, 1.807) is 30.5 Å². The summed E-state index contributed by atoms with van der Waals surface area (Å²) in [6, 6.07) is 10.1. The fraction of sp³-hybridized carbons (Fsp3) is 0.368. The van der Waals surface area contributed by atoms with Gasteiger partial charge in [-0.15, -0.1) is 11.3 Å². The van der Waals surface area contributed by atoms with Crippen LogP contribution in [0.4, 0.5) is 11.4 Å². The Morgan fingerprint density at radius 1 is 1.10 bits per heavy atom. The molecule has 0 bridgehead atoms. The van der Waals surface area contributed by atoms with Crippen molar-refractivity contribution < 1.29 is 18.0 Å². The molecular weight excluding hydrogens is 412 g/mol. The van der Waals surface area contributed by atoms with E-state index in [9.17, 15) is 18.0 Å². The van der Waals surface area contributed by atoms with E-state index < -0.39 is 16.1 Å². The molecule has 1 N–H and O–H groups in total. The van der Waals surface area contributed by atoms with Gasteiger partial charge in [-0.2, -0.15) is 4.31 Å². The maximum atomic E-state index is 13.1. The minimum absolute atomic E-state index is 0.0209. The number of amides is 2. The van der Waals surface area contributed by atoms with Crippen molar-refractivity contribution in [3.63, 3.8) is 0 Å². The van der Waals surface area contributed by atoms with Crippen molar-refractivity contribution in [2.75, 3.05) is 42.9 Å². The van der Waals surface area contributed by atoms with Gasteiger partial charge in [0.15, 0.2) is 0 Å². The van der Waals surface area contributed by atoms with E-state index in [1.165, 1.54) is 20.5 Å². The van der Waals surface area contributed by atoms with E-state index in [-0.39, 0.29) is 18.4 Å². The van der Waals surface area contributed by atoms with Crippen molar-refractivity contribution in [3.8, 4) is 0 Å². The number of sulfonamides is 1. The molecule has 1 unspecified atom stereocenters. The highest BCUT2D eigenvalue weighted by atomic mass is 32.2. The first-order chi connectivity index (χ1) is 13.9. The average molecular weight is 435 g/mol. The molecule has 2 aliphatic rings. The largest absolute Gasteiger partial charge is 0.323 e. The van der Waals surface area contributed by atoms with Crippen LogP contribution < -0.4 is 10.2 Å². The zero-order valence-electron chi connectivity index (χ0n) is 15.9. The average Bonchev–Trinajstić information content (AvgIpc) is 3.28. The summed E-state index contributed by atoms with van der Waals surface area (Å²) >= 11 is 1.21. The van der Waals surface area contributed by atoms with Gasteiger partial charge >= 0.3 is 0 Å². The number of carbonyl (C=O) groups excluding carboxylic acids is 2. The number of carbonyl (C=O) groups is 2. The zero-order valence-corrected chi connectivity index (χ0v) is 17.6. The third kappa shape index (κ3) is 3.80. The highest BCUT2D eigenvalue weighted by Crippen LogP contribution is 2.30. The van der Waals surface area contributed by atoms with Gasteiger partial charge in [-0.3, -0.25) is 19.4 Å². The van der Waals surface area contributed by atoms with Gasteiger partial charge in [-0.1, -0.05) is 18.2 Å². The molecule has 1 fully saturated rings. The first kappa shape index (κ1) is 20.0. The van der Waals surface area contributed by atoms with Crippen LogP contribution in [0.25, 0.3) is 0 Å². The Balaban J connectivity index is 1.44. The van der Waals surface area contributed by atoms with E-state index >= 15 is 0 Å². The fourth-order valence-electron chi connectivity index (χ4n) is 3.68. The number of hydrogen-bond acceptors (Lipinski definition) is 6. The first-order valence-electron chi connectivity index (χ1n) is 9.36. The minimum Gasteiger partial charge on any atom is -0.323 e. The molecule has 1 aromatic heterocycles. The van der Waals surface area contributed by atoms with E-state index in [4.69, 9.17) is 0 Å². The van der Waals surface area contributed by atoms with Crippen LogP contribution in [0.15, 0.2) is 46.0 Å². The van der Waals surface area contributed by atoms with E-state index in [2.05, 4.69) is 5.32 Å². The van der Waals surface area contributed by atoms with E-state index in [0.717, 1.165) is 0 Å². The number of piperazine rings is 1. The number of fused-ring (bicyclic) bond motifs is 1. The molecule has 0 aliphatic carbocycles. The van der Waals surface area contributed by atoms with Gasteiger partial charge < -0.3 is 5.32 Å². The summed E-state index contributed by atoms with van der Waals surface area (Å²) in [4.78, 5) is 28.6. The quantitative estimate of drug-likeness (QED) is 0.786. The summed E-state index contributed by atoms with van der Waals surface area (Å²) in [6.07, 6.45) is 0. The summed E-state index contributed by atoms with van der Waals surface area (Å²) in [6.45, 7) is 3.36. The zero-order chi connectivity index (χ0) is 20.6. The van der Waals surface area contributed by atoms with Crippen molar-refractivity contribution in [1.29, 1.82) is 0 Å². The Morgan fingerprint density at radius 2 is 1.83 bits per heavy atom. The number of rotatable bonds is 4. The van der Waals surface area contributed by atoms with E-state index in [1.807, 2.05) is 23.1 Å². The summed E-state index contributed by atoms with van der Waals surface area (Å²) in [5.74, 6) is -0.391. The fourth-order valence-corrected chi connectivity index (χ4v) is 6.25. The molecule has 1 atom stereocenters. The smallest absolute Gasteiger partial charge is 0.252 e. The van der Waals surface area contributed by atoms with Crippen molar-refractivity contribution in [2.24, 2.45) is 0 Å². The van der Waals surface area contributed by atoms with Crippen LogP contribution in [0, 0.1) is 0 Å². The number of para-hydroxylation sites is 2. The normalized spacial score (nSPS) is 19.5. The summed E-state index contributed by atoms with van der Waals surface area (Å²) in [5.41, 5.74) is 1.30. The van der Waals surface area contributed by atoms with Gasteiger partial charge in [-0.05, 0) is 30.5 Å². The van der Waals surface area contributed by atoms with Gasteiger partial charge in [0, 0.05) is 26.2 Å². The molecule has 0 saturated carbocycles. The first-order valence-corrected chi connectivity index (χ1v) is 11.7. The molecule has 0 radical (unpaired) electrons. The second-order valence-corrected chi connectivity index (χ2v) is 10.2. The molecule has 1 saturated heterocycles. The van der Waals surface area contributed by atoms with Crippen LogP contribution in [0.2, 0.25) is 0 Å². The van der Waals surface area contributed by atoms with Crippen molar-refractivity contribution in [2.45, 2.75) is 17.2 Å². The van der Waals surface area contributed by atoms with Crippen LogP contribution in [0.5, 0.6) is 0 Å². The lowest BCUT2D eigenvalue weighted by Crippen LogP contribution is -2.56. The van der Waals surface area contributed by atoms with Crippen LogP contribution >= 0.6 is 11.3 Å². The van der Waals surface area contributed by atoms with Gasteiger partial charge in [0.25, 0.3) is 10.0 Å². The van der Waals surface area contributed by atoms with E-state index in [0.29, 0.717) is 41.8 Å². The Morgan fingerprint density at radius 3 is 2.52 bits per heavy atom. The number of anilines is 2. The Kier molecular flexibility index (Phi) is 5.43. The van der Waals surface area contributed by atoms with Gasteiger partial charge in [0.1, 0.15) is 10.8 Å². The molecule has 1 aromatic carbocycles. The number of benzene rings is 1. The van der Waals surface area contributed by atoms with Gasteiger partial charge in [0.05, 0.1) is 17.4 Å². The van der Waals surface area contributed by atoms with Crippen LogP contribution in [-0.4, -0.2) is 68.2 Å². The highest BCUT2D eigenvalue weighted by Gasteiger charge is 2.35. The molecule has 4 rings (SSSR count). The summed E-state index contributed by atoms with van der Waals surface area (Å²) in [5, 5.41) is 4.53. The Labute approximate surface area is 173 Å². The molecule has 3 heterocycles. The monoisotopic (exact) mass is 434 g/mol. The highest BCUT2D eigenvalue weighted by molar-refractivity contribution is 7.91. The van der Waals surface area contributed by atoms with Crippen LogP contribution in [0.3, 0.4) is 0 Å². The molecule has 154 valence electrons. The summed E-state index contributed by atoms with van der Waals surface area (Å²) in [7, 11) is -3.48. The minimum atomic E-state index is -3.48. The molecule has 29 heavy (non-hydrogen) atoms. The van der Waals surface area contributed by atoms with Gasteiger partial charge in [0.2, 0.25) is 11.8 Å². The number of nitrogens with zero attached hydrogens (tertiary/aromatic N) is 3. The van der Waals surface area contributed by atoms with Crippen molar-refractivity contribution in [1.82, 2.24) is 9.21 Å². The Hall–Kier alpha value is -2.27. The predicted molar refractivity (Wildman–Crippen MR) is 112 cm³/mol. The molecule has 0 spiro atoms.